The van der Waals surface area contributed by atoms with Crippen molar-refractivity contribution in [3.63, 3.8) is 0 Å². The molecule has 0 bridgehead atoms. The Balaban J connectivity index is 1.57. The molecule has 0 saturated carbocycles. The molecule has 10 heteroatoms. The minimum atomic E-state index is -2.52. The molecule has 0 saturated heterocycles. The quantitative estimate of drug-likeness (QED) is 0.433. The van der Waals surface area contributed by atoms with Gasteiger partial charge >= 0.3 is 5.97 Å². The van der Waals surface area contributed by atoms with Gasteiger partial charge in [0.1, 0.15) is 13.1 Å². The number of amides is 1. The van der Waals surface area contributed by atoms with E-state index >= 15 is 0 Å². The van der Waals surface area contributed by atoms with Gasteiger partial charge in [-0.05, 0) is 42.7 Å². The summed E-state index contributed by atoms with van der Waals surface area (Å²) in [4.78, 5) is 27.3. The summed E-state index contributed by atoms with van der Waals surface area (Å²) in [6, 6.07) is 11.6. The number of likely N-dealkylation sites (N-methyl/N-ethyl adjacent to an activating group) is 1. The zero-order chi connectivity index (χ0) is 25.1. The van der Waals surface area contributed by atoms with Crippen LogP contribution in [0.5, 0.6) is 0 Å². The van der Waals surface area contributed by atoms with Crippen LogP contribution in [-0.4, -0.2) is 64.8 Å². The van der Waals surface area contributed by atoms with Gasteiger partial charge in [-0.25, -0.2) is 13.8 Å². The van der Waals surface area contributed by atoms with E-state index in [4.69, 9.17) is 4.74 Å². The molecule has 2 heterocycles. The Kier molecular flexibility index (Phi) is 7.30. The lowest BCUT2D eigenvalue weighted by atomic mass is 10.1. The maximum absolute atomic E-state index is 13.3. The number of ether oxygens (including phenoxy) is 1. The van der Waals surface area contributed by atoms with Crippen molar-refractivity contribution in [2.75, 3.05) is 31.6 Å². The van der Waals surface area contributed by atoms with E-state index in [0.29, 0.717) is 29.7 Å². The maximum Gasteiger partial charge on any atom is 0.325 e. The van der Waals surface area contributed by atoms with Crippen LogP contribution in [0.15, 0.2) is 42.6 Å². The highest BCUT2D eigenvalue weighted by atomic mass is 19.3. The summed E-state index contributed by atoms with van der Waals surface area (Å²) in [6.07, 6.45) is -0.951. The number of aryl methyl sites for hydroxylation is 1. The lowest BCUT2D eigenvalue weighted by Crippen LogP contribution is -2.47. The number of alkyl halides is 2. The van der Waals surface area contributed by atoms with E-state index in [9.17, 15) is 18.4 Å². The van der Waals surface area contributed by atoms with Crippen LogP contribution < -0.4 is 4.90 Å². The van der Waals surface area contributed by atoms with Crippen LogP contribution in [0.2, 0.25) is 0 Å². The first-order chi connectivity index (χ1) is 16.7. The highest BCUT2D eigenvalue weighted by Gasteiger charge is 2.27. The molecule has 0 spiro atoms. The zero-order valence-corrected chi connectivity index (χ0v) is 20.1. The third-order valence-corrected chi connectivity index (χ3v) is 6.10. The van der Waals surface area contributed by atoms with Crippen molar-refractivity contribution in [2.45, 2.75) is 39.9 Å². The summed E-state index contributed by atoms with van der Waals surface area (Å²) < 4.78 is 32.0. The molecule has 1 aromatic heterocycles. The fourth-order valence-corrected chi connectivity index (χ4v) is 4.34. The second kappa shape index (κ2) is 10.4. The Labute approximate surface area is 202 Å². The number of anilines is 1. The van der Waals surface area contributed by atoms with Crippen molar-refractivity contribution in [1.82, 2.24) is 19.8 Å². The Hall–Kier alpha value is -3.53. The van der Waals surface area contributed by atoms with Crippen molar-refractivity contribution >= 4 is 28.5 Å². The Bertz CT molecular complexity index is 1200. The third-order valence-electron chi connectivity index (χ3n) is 6.10. The summed E-state index contributed by atoms with van der Waals surface area (Å²) in [7, 11) is 1.72. The molecule has 4 rings (SSSR count). The number of rotatable bonds is 9. The number of carbonyl (C=O) groups excluding carboxylic acids is 2. The lowest BCUT2D eigenvalue weighted by Gasteiger charge is -2.31. The molecule has 0 N–H and O–H groups in total. The van der Waals surface area contributed by atoms with E-state index in [1.54, 1.807) is 36.1 Å². The Morgan fingerprint density at radius 1 is 1.14 bits per heavy atom. The second-order valence-corrected chi connectivity index (χ2v) is 8.61. The maximum atomic E-state index is 13.3. The molecule has 1 aliphatic heterocycles. The van der Waals surface area contributed by atoms with Crippen molar-refractivity contribution in [1.29, 1.82) is 0 Å². The van der Waals surface area contributed by atoms with Gasteiger partial charge in [0, 0.05) is 37.4 Å². The van der Waals surface area contributed by atoms with E-state index in [0.717, 1.165) is 5.56 Å². The number of fused-ring (bicyclic) bond motifs is 2. The number of benzene rings is 2. The molecule has 1 amide bonds. The predicted molar refractivity (Wildman–Crippen MR) is 128 cm³/mol. The van der Waals surface area contributed by atoms with E-state index in [2.05, 4.69) is 5.10 Å². The number of nitrogens with zero attached hydrogens (tertiary/aromatic N) is 5. The summed E-state index contributed by atoms with van der Waals surface area (Å²) >= 11 is 0. The van der Waals surface area contributed by atoms with Crippen LogP contribution in [0.4, 0.5) is 14.5 Å². The summed E-state index contributed by atoms with van der Waals surface area (Å²) in [5.74, 6) is -0.649. The van der Waals surface area contributed by atoms with Crippen LogP contribution in [0, 0.1) is 6.92 Å². The van der Waals surface area contributed by atoms with E-state index in [1.807, 2.05) is 42.3 Å². The number of hydrogen-bond acceptors (Lipinski definition) is 6. The van der Waals surface area contributed by atoms with Crippen LogP contribution in [0.25, 0.3) is 10.9 Å². The molecule has 1 aliphatic rings. The predicted octanol–water partition coefficient (Wildman–Crippen LogP) is 3.37. The summed E-state index contributed by atoms with van der Waals surface area (Å²) in [6.45, 7) is 4.36. The van der Waals surface area contributed by atoms with Crippen LogP contribution in [-0.2, 0) is 34.0 Å². The average molecular weight is 486 g/mol. The van der Waals surface area contributed by atoms with Gasteiger partial charge < -0.3 is 9.64 Å². The SMILES string of the molecule is CCOC(=O)CN(CC(=O)N(C)N1Cc2ccccc2C1)c1cc2nn(CC(F)F)cc2cc1C. The zero-order valence-electron chi connectivity index (χ0n) is 20.1. The smallest absolute Gasteiger partial charge is 0.325 e. The minimum absolute atomic E-state index is 0.0632. The van der Waals surface area contributed by atoms with E-state index < -0.39 is 18.9 Å². The third kappa shape index (κ3) is 5.59. The molecule has 0 aliphatic carbocycles. The summed E-state index contributed by atoms with van der Waals surface area (Å²) in [5, 5.41) is 8.50. The first-order valence-electron chi connectivity index (χ1n) is 11.5. The standard InChI is InChI=1S/C25H29F2N5O3/c1-4-35-25(34)16-30(15-24(33)29(3)32-12-18-7-5-6-8-19(18)13-32)22-10-21-20(9-17(22)2)11-31(28-21)14-23(26)27/h5-11,23H,4,12-16H2,1-3H3. The number of carbonyl (C=O) groups is 2. The number of aromatic nitrogens is 2. The minimum Gasteiger partial charge on any atom is -0.465 e. The number of esters is 1. The number of hydrogen-bond donors (Lipinski definition) is 0. The van der Waals surface area contributed by atoms with Gasteiger partial charge in [0.05, 0.1) is 18.7 Å². The second-order valence-electron chi connectivity index (χ2n) is 8.61. The molecule has 3 aromatic rings. The van der Waals surface area contributed by atoms with Crippen LogP contribution in [0.1, 0.15) is 23.6 Å². The summed E-state index contributed by atoms with van der Waals surface area (Å²) in [5.41, 5.74) is 4.28. The van der Waals surface area contributed by atoms with Gasteiger partial charge in [-0.15, -0.1) is 0 Å². The van der Waals surface area contributed by atoms with Crippen molar-refractivity contribution in [3.8, 4) is 0 Å². The molecule has 0 atom stereocenters. The highest BCUT2D eigenvalue weighted by Crippen LogP contribution is 2.27. The molecular weight excluding hydrogens is 456 g/mol. The van der Waals surface area contributed by atoms with Gasteiger partial charge in [0.15, 0.2) is 0 Å². The van der Waals surface area contributed by atoms with Gasteiger partial charge in [0.2, 0.25) is 0 Å². The molecule has 0 fully saturated rings. The van der Waals surface area contributed by atoms with Crippen molar-refractivity contribution in [3.05, 3.63) is 59.3 Å². The highest BCUT2D eigenvalue weighted by molar-refractivity contribution is 5.89. The first kappa shape index (κ1) is 24.6. The van der Waals surface area contributed by atoms with E-state index in [-0.39, 0.29) is 25.6 Å². The normalized spacial score (nSPS) is 13.3. The van der Waals surface area contributed by atoms with E-state index in [1.165, 1.54) is 15.8 Å². The van der Waals surface area contributed by atoms with Gasteiger partial charge in [-0.1, -0.05) is 24.3 Å². The van der Waals surface area contributed by atoms with Gasteiger partial charge in [0.25, 0.3) is 12.3 Å². The van der Waals surface area contributed by atoms with Gasteiger partial charge in [-0.3, -0.25) is 19.3 Å². The molecule has 0 unspecified atom stereocenters. The van der Waals surface area contributed by atoms with Crippen molar-refractivity contribution < 1.29 is 23.1 Å². The average Bonchev–Trinajstić information content (AvgIpc) is 3.40. The number of halogens is 2. The van der Waals surface area contributed by atoms with Gasteiger partial charge in [-0.2, -0.15) is 5.10 Å². The Morgan fingerprint density at radius 3 is 2.46 bits per heavy atom. The molecule has 35 heavy (non-hydrogen) atoms. The molecule has 8 nitrogen and oxygen atoms in total. The molecule has 186 valence electrons. The fourth-order valence-electron chi connectivity index (χ4n) is 4.34. The monoisotopic (exact) mass is 485 g/mol. The largest absolute Gasteiger partial charge is 0.465 e. The molecule has 0 radical (unpaired) electrons. The van der Waals surface area contributed by atoms with Crippen LogP contribution in [0.3, 0.4) is 0 Å². The fraction of sp³-hybridized carbons (Fsp3) is 0.400. The van der Waals surface area contributed by atoms with Crippen LogP contribution >= 0.6 is 0 Å². The molecule has 2 aromatic carbocycles. The lowest BCUT2D eigenvalue weighted by molar-refractivity contribution is -0.145. The number of hydrazine groups is 1. The molecular formula is C25H29F2N5O3. The Morgan fingerprint density at radius 2 is 1.83 bits per heavy atom. The topological polar surface area (TPSA) is 70.9 Å². The first-order valence-corrected chi connectivity index (χ1v) is 11.5. The van der Waals surface area contributed by atoms with Crippen molar-refractivity contribution in [2.24, 2.45) is 0 Å².